The summed E-state index contributed by atoms with van der Waals surface area (Å²) in [6.07, 6.45) is 9.79. The van der Waals surface area contributed by atoms with Crippen LogP contribution in [0.4, 0.5) is 0 Å². The molecule has 0 saturated carbocycles. The number of ether oxygens (including phenoxy) is 1. The summed E-state index contributed by atoms with van der Waals surface area (Å²) in [5.74, 6) is 0.420. The van der Waals surface area contributed by atoms with Crippen LogP contribution in [0.5, 0.6) is 0 Å². The topological polar surface area (TPSA) is 9.23 Å². The average Bonchev–Trinajstić information content (AvgIpc) is 2.63. The molecule has 0 spiro atoms. The highest BCUT2D eigenvalue weighted by Crippen LogP contribution is 2.18. The van der Waals surface area contributed by atoms with Crippen molar-refractivity contribution in [2.45, 2.75) is 26.1 Å². The quantitative estimate of drug-likeness (QED) is 0.366. The fourth-order valence-corrected chi connectivity index (χ4v) is 2.72. The molecular formula is C22H25BrO. The third-order valence-electron chi connectivity index (χ3n) is 3.89. The van der Waals surface area contributed by atoms with E-state index >= 15 is 0 Å². The van der Waals surface area contributed by atoms with Crippen LogP contribution in [0.15, 0.2) is 78.9 Å². The molecule has 2 aromatic carbocycles. The van der Waals surface area contributed by atoms with Crippen LogP contribution in [0.1, 0.15) is 24.5 Å². The van der Waals surface area contributed by atoms with Crippen molar-refractivity contribution in [3.8, 4) is 0 Å². The zero-order chi connectivity index (χ0) is 17.0. The summed E-state index contributed by atoms with van der Waals surface area (Å²) in [7, 11) is 0. The van der Waals surface area contributed by atoms with E-state index in [-0.39, 0.29) is 6.10 Å². The van der Waals surface area contributed by atoms with Crippen LogP contribution in [-0.2, 0) is 11.3 Å². The van der Waals surface area contributed by atoms with E-state index in [1.54, 1.807) is 0 Å². The van der Waals surface area contributed by atoms with E-state index in [0.717, 1.165) is 11.8 Å². The molecule has 0 amide bonds. The highest BCUT2D eigenvalue weighted by Gasteiger charge is 2.14. The van der Waals surface area contributed by atoms with Crippen molar-refractivity contribution in [2.75, 3.05) is 5.33 Å². The van der Waals surface area contributed by atoms with Gasteiger partial charge in [-0.15, -0.1) is 0 Å². The first-order valence-electron chi connectivity index (χ1n) is 8.39. The Morgan fingerprint density at radius 2 is 1.62 bits per heavy atom. The van der Waals surface area contributed by atoms with Gasteiger partial charge in [0.15, 0.2) is 0 Å². The number of allylic oxidation sites excluding steroid dienone is 2. The third kappa shape index (κ3) is 6.86. The maximum absolute atomic E-state index is 6.21. The Bertz CT molecular complexity index is 619. The minimum absolute atomic E-state index is 0.0883. The van der Waals surface area contributed by atoms with Gasteiger partial charge in [0, 0.05) is 5.33 Å². The molecule has 2 heteroatoms. The van der Waals surface area contributed by atoms with Gasteiger partial charge in [-0.05, 0) is 23.5 Å². The van der Waals surface area contributed by atoms with Crippen molar-refractivity contribution in [2.24, 2.45) is 5.92 Å². The van der Waals surface area contributed by atoms with Gasteiger partial charge in [0.05, 0.1) is 12.7 Å². The molecule has 0 aliphatic carbocycles. The van der Waals surface area contributed by atoms with Gasteiger partial charge in [0.1, 0.15) is 0 Å². The largest absolute Gasteiger partial charge is 0.369 e. The van der Waals surface area contributed by atoms with Crippen LogP contribution in [0.2, 0.25) is 0 Å². The van der Waals surface area contributed by atoms with Gasteiger partial charge >= 0.3 is 0 Å². The lowest BCUT2D eigenvalue weighted by Crippen LogP contribution is -2.19. The van der Waals surface area contributed by atoms with Gasteiger partial charge in [-0.25, -0.2) is 0 Å². The van der Waals surface area contributed by atoms with Crippen LogP contribution in [0.25, 0.3) is 6.08 Å². The monoisotopic (exact) mass is 384 g/mol. The molecule has 0 heterocycles. The second-order valence-electron chi connectivity index (χ2n) is 5.87. The first kappa shape index (κ1) is 18.7. The number of benzene rings is 2. The lowest BCUT2D eigenvalue weighted by Gasteiger charge is -2.21. The zero-order valence-electron chi connectivity index (χ0n) is 14.1. The highest BCUT2D eigenvalue weighted by atomic mass is 79.9. The molecule has 0 aliphatic rings. The van der Waals surface area contributed by atoms with Crippen molar-refractivity contribution in [3.05, 3.63) is 90.0 Å². The second kappa shape index (κ2) is 11.0. The molecule has 0 fully saturated rings. The van der Waals surface area contributed by atoms with Gasteiger partial charge in [-0.2, -0.15) is 0 Å². The normalized spacial score (nSPS) is 14.2. The molecular weight excluding hydrogens is 360 g/mol. The summed E-state index contributed by atoms with van der Waals surface area (Å²) >= 11 is 3.43. The van der Waals surface area contributed by atoms with E-state index in [9.17, 15) is 0 Å². The Kier molecular flexibility index (Phi) is 8.58. The van der Waals surface area contributed by atoms with E-state index in [2.05, 4.69) is 95.7 Å². The fraction of sp³-hybridized carbons (Fsp3) is 0.273. The summed E-state index contributed by atoms with van der Waals surface area (Å²) in [4.78, 5) is 0. The maximum atomic E-state index is 6.21. The standard InChI is InChI=1S/C22H25BrO/c1-19(10-8-9-17-23)22(16-15-20-11-4-2-5-12-20)24-18-21-13-6-3-7-14-21/h2-9,11-16,19,22H,10,17-18H2,1H3/b9-8+,16-15-/t19-,22+/m1/s1. The van der Waals surface area contributed by atoms with Gasteiger partial charge in [0.2, 0.25) is 0 Å². The van der Waals surface area contributed by atoms with Crippen LogP contribution >= 0.6 is 15.9 Å². The smallest absolute Gasteiger partial charge is 0.0792 e. The number of alkyl halides is 1. The molecule has 2 aromatic rings. The minimum atomic E-state index is 0.0883. The zero-order valence-corrected chi connectivity index (χ0v) is 15.7. The molecule has 2 atom stereocenters. The Balaban J connectivity index is 2.02. The molecule has 0 radical (unpaired) electrons. The van der Waals surface area contributed by atoms with Crippen molar-refractivity contribution in [1.82, 2.24) is 0 Å². The molecule has 0 N–H and O–H groups in total. The highest BCUT2D eigenvalue weighted by molar-refractivity contribution is 9.09. The minimum Gasteiger partial charge on any atom is -0.369 e. The van der Waals surface area contributed by atoms with Crippen LogP contribution in [0, 0.1) is 5.92 Å². The summed E-state index contributed by atoms with van der Waals surface area (Å²) in [5, 5.41) is 0.898. The van der Waals surface area contributed by atoms with Crippen molar-refractivity contribution in [1.29, 1.82) is 0 Å². The molecule has 24 heavy (non-hydrogen) atoms. The van der Waals surface area contributed by atoms with E-state index in [1.807, 2.05) is 12.1 Å². The number of rotatable bonds is 9. The average molecular weight is 385 g/mol. The predicted molar refractivity (Wildman–Crippen MR) is 107 cm³/mol. The van der Waals surface area contributed by atoms with E-state index in [1.165, 1.54) is 11.1 Å². The maximum Gasteiger partial charge on any atom is 0.0792 e. The first-order chi connectivity index (χ1) is 11.8. The molecule has 0 aliphatic heterocycles. The number of halogens is 1. The van der Waals surface area contributed by atoms with Crippen LogP contribution in [-0.4, -0.2) is 11.4 Å². The van der Waals surface area contributed by atoms with Gasteiger partial charge in [-0.1, -0.05) is 108 Å². The Hall–Kier alpha value is -1.64. The lowest BCUT2D eigenvalue weighted by molar-refractivity contribution is 0.0391. The summed E-state index contributed by atoms with van der Waals surface area (Å²) < 4.78 is 6.21. The Labute approximate surface area is 154 Å². The van der Waals surface area contributed by atoms with Gasteiger partial charge in [0.25, 0.3) is 0 Å². The van der Waals surface area contributed by atoms with Crippen molar-refractivity contribution < 1.29 is 4.74 Å². The predicted octanol–water partition coefficient (Wildman–Crippen LogP) is 6.26. The van der Waals surface area contributed by atoms with E-state index < -0.39 is 0 Å². The van der Waals surface area contributed by atoms with Crippen LogP contribution in [0.3, 0.4) is 0 Å². The van der Waals surface area contributed by atoms with E-state index in [4.69, 9.17) is 4.74 Å². The van der Waals surface area contributed by atoms with Crippen LogP contribution < -0.4 is 0 Å². The fourth-order valence-electron chi connectivity index (χ4n) is 2.45. The first-order valence-corrected chi connectivity index (χ1v) is 9.51. The summed E-state index contributed by atoms with van der Waals surface area (Å²) in [5.41, 5.74) is 2.41. The van der Waals surface area contributed by atoms with Crippen molar-refractivity contribution in [3.63, 3.8) is 0 Å². The molecule has 0 saturated heterocycles. The summed E-state index contributed by atoms with van der Waals surface area (Å²) in [6.45, 7) is 2.88. The number of hydrogen-bond acceptors (Lipinski definition) is 1. The molecule has 0 bridgehead atoms. The third-order valence-corrected chi connectivity index (χ3v) is 4.26. The van der Waals surface area contributed by atoms with E-state index in [0.29, 0.717) is 12.5 Å². The lowest BCUT2D eigenvalue weighted by atomic mass is 9.99. The molecule has 0 aromatic heterocycles. The van der Waals surface area contributed by atoms with Gasteiger partial charge in [-0.3, -0.25) is 0 Å². The molecule has 0 unspecified atom stereocenters. The Morgan fingerprint density at radius 1 is 0.958 bits per heavy atom. The molecule has 2 rings (SSSR count). The van der Waals surface area contributed by atoms with Crippen molar-refractivity contribution >= 4 is 22.0 Å². The Morgan fingerprint density at radius 3 is 2.29 bits per heavy atom. The number of hydrogen-bond donors (Lipinski definition) is 0. The summed E-state index contributed by atoms with van der Waals surface area (Å²) in [6, 6.07) is 20.7. The molecule has 126 valence electrons. The van der Waals surface area contributed by atoms with Gasteiger partial charge < -0.3 is 4.74 Å². The molecule has 1 nitrogen and oxygen atoms in total. The second-order valence-corrected chi connectivity index (χ2v) is 6.52. The SMILES string of the molecule is C[C@H](C/C=C/CBr)[C@H](/C=C\c1ccccc1)OCc1ccccc1.